The van der Waals surface area contributed by atoms with Crippen LogP contribution in [0.4, 0.5) is 0 Å². The van der Waals surface area contributed by atoms with E-state index < -0.39 is 5.97 Å². The first-order valence-corrected chi connectivity index (χ1v) is 8.62. The van der Waals surface area contributed by atoms with Crippen LogP contribution in [-0.2, 0) is 4.79 Å². The van der Waals surface area contributed by atoms with Gasteiger partial charge in [-0.25, -0.2) is 0 Å². The Morgan fingerprint density at radius 3 is 1.86 bits per heavy atom. The van der Waals surface area contributed by atoms with Crippen LogP contribution in [-0.4, -0.2) is 11.1 Å². The highest BCUT2D eigenvalue weighted by molar-refractivity contribution is 5.66. The molecule has 2 heteroatoms. The van der Waals surface area contributed by atoms with Gasteiger partial charge in [-0.1, -0.05) is 68.4 Å². The molecule has 0 saturated heterocycles. The summed E-state index contributed by atoms with van der Waals surface area (Å²) in [7, 11) is 0. The Hall–Kier alpha value is -1.57. The predicted octanol–water partition coefficient (Wildman–Crippen LogP) is 6.22. The van der Waals surface area contributed by atoms with Crippen molar-refractivity contribution in [1.82, 2.24) is 0 Å². The maximum absolute atomic E-state index is 10.3. The number of carboxylic acid groups (broad SMARTS) is 1. The van der Waals surface area contributed by atoms with Crippen LogP contribution in [0.5, 0.6) is 0 Å². The summed E-state index contributed by atoms with van der Waals surface area (Å²) in [6, 6.07) is 0. The minimum Gasteiger partial charge on any atom is -0.481 e. The number of rotatable bonds is 14. The average molecular weight is 304 g/mol. The SMILES string of the molecule is CCCCC/C=C\CCC/C=C/C=C/C=C\CCCC(=O)O. The van der Waals surface area contributed by atoms with Gasteiger partial charge in [0.15, 0.2) is 0 Å². The third kappa shape index (κ3) is 18.4. The molecule has 124 valence electrons. The van der Waals surface area contributed by atoms with Crippen LogP contribution in [0.1, 0.15) is 71.1 Å². The van der Waals surface area contributed by atoms with Crippen LogP contribution >= 0.6 is 0 Å². The Bertz CT molecular complexity index is 362. The zero-order valence-electron chi connectivity index (χ0n) is 14.0. The summed E-state index contributed by atoms with van der Waals surface area (Å²) in [5.74, 6) is -0.720. The largest absolute Gasteiger partial charge is 0.481 e. The highest BCUT2D eigenvalue weighted by Gasteiger charge is 1.92. The van der Waals surface area contributed by atoms with E-state index in [2.05, 4.69) is 31.2 Å². The molecule has 0 fully saturated rings. The van der Waals surface area contributed by atoms with E-state index in [1.807, 2.05) is 24.3 Å². The fraction of sp³-hybridized carbons (Fsp3) is 0.550. The first-order valence-electron chi connectivity index (χ1n) is 8.62. The lowest BCUT2D eigenvalue weighted by atomic mass is 10.1. The molecule has 0 aromatic heterocycles. The maximum atomic E-state index is 10.3. The lowest BCUT2D eigenvalue weighted by molar-refractivity contribution is -0.137. The molecule has 0 aliphatic carbocycles. The molecule has 0 saturated carbocycles. The molecule has 22 heavy (non-hydrogen) atoms. The van der Waals surface area contributed by atoms with Crippen LogP contribution < -0.4 is 0 Å². The summed E-state index contributed by atoms with van der Waals surface area (Å²) in [4.78, 5) is 10.3. The number of carboxylic acids is 1. The Labute approximate surface area is 136 Å². The van der Waals surface area contributed by atoms with Crippen molar-refractivity contribution in [3.05, 3.63) is 48.6 Å². The summed E-state index contributed by atoms with van der Waals surface area (Å²) in [6.07, 6.45) is 27.4. The van der Waals surface area contributed by atoms with Gasteiger partial charge in [-0.05, 0) is 44.9 Å². The Morgan fingerprint density at radius 2 is 1.27 bits per heavy atom. The first-order chi connectivity index (χ1) is 10.8. The smallest absolute Gasteiger partial charge is 0.303 e. The van der Waals surface area contributed by atoms with Crippen LogP contribution in [0.15, 0.2) is 48.6 Å². The van der Waals surface area contributed by atoms with Gasteiger partial charge in [0.1, 0.15) is 0 Å². The molecule has 0 aromatic rings. The fourth-order valence-electron chi connectivity index (χ4n) is 1.95. The standard InChI is InChI=1S/C20H32O2/c1-2-3-4-5-6-7-8-9-10-11-12-13-14-15-16-17-18-19-20(21)22/h6-7,11-16H,2-5,8-10,17-19H2,1H3,(H,21,22)/b7-6-,12-11+,14-13+,16-15-. The van der Waals surface area contributed by atoms with Gasteiger partial charge >= 0.3 is 5.97 Å². The second kappa shape index (κ2) is 17.5. The van der Waals surface area contributed by atoms with Crippen molar-refractivity contribution < 1.29 is 9.90 Å². The summed E-state index contributed by atoms with van der Waals surface area (Å²) >= 11 is 0. The second-order valence-electron chi connectivity index (χ2n) is 5.43. The Morgan fingerprint density at radius 1 is 0.727 bits per heavy atom. The molecule has 0 aliphatic rings. The van der Waals surface area contributed by atoms with E-state index in [0.29, 0.717) is 6.42 Å². The highest BCUT2D eigenvalue weighted by Crippen LogP contribution is 2.03. The van der Waals surface area contributed by atoms with Gasteiger partial charge in [-0.15, -0.1) is 0 Å². The molecule has 2 nitrogen and oxygen atoms in total. The molecule has 0 rings (SSSR count). The van der Waals surface area contributed by atoms with E-state index in [1.54, 1.807) is 0 Å². The van der Waals surface area contributed by atoms with E-state index >= 15 is 0 Å². The van der Waals surface area contributed by atoms with Crippen LogP contribution in [0.25, 0.3) is 0 Å². The van der Waals surface area contributed by atoms with E-state index in [4.69, 9.17) is 5.11 Å². The maximum Gasteiger partial charge on any atom is 0.303 e. The number of unbranched alkanes of at least 4 members (excludes halogenated alkanes) is 6. The Balaban J connectivity index is 3.40. The molecule has 0 aliphatic heterocycles. The second-order valence-corrected chi connectivity index (χ2v) is 5.43. The molecule has 0 aromatic carbocycles. The molecule has 0 amide bonds. The van der Waals surface area contributed by atoms with Gasteiger partial charge in [0.25, 0.3) is 0 Å². The molecular formula is C20H32O2. The minimum atomic E-state index is -0.720. The molecule has 1 N–H and O–H groups in total. The van der Waals surface area contributed by atoms with Crippen molar-refractivity contribution in [2.24, 2.45) is 0 Å². The van der Waals surface area contributed by atoms with Gasteiger partial charge in [-0.3, -0.25) is 4.79 Å². The van der Waals surface area contributed by atoms with Crippen molar-refractivity contribution in [1.29, 1.82) is 0 Å². The molecular weight excluding hydrogens is 272 g/mol. The van der Waals surface area contributed by atoms with Crippen LogP contribution in [0, 0.1) is 0 Å². The first kappa shape index (κ1) is 20.4. The Kier molecular flexibility index (Phi) is 16.2. The van der Waals surface area contributed by atoms with Crippen molar-refractivity contribution in [3.8, 4) is 0 Å². The highest BCUT2D eigenvalue weighted by atomic mass is 16.4. The van der Waals surface area contributed by atoms with Crippen molar-refractivity contribution in [2.45, 2.75) is 71.1 Å². The molecule has 0 atom stereocenters. The number of carbonyl (C=O) groups is 1. The van der Waals surface area contributed by atoms with Crippen molar-refractivity contribution in [3.63, 3.8) is 0 Å². The summed E-state index contributed by atoms with van der Waals surface area (Å²) < 4.78 is 0. The normalized spacial score (nSPS) is 12.4. The predicted molar refractivity (Wildman–Crippen MR) is 96.0 cm³/mol. The minimum absolute atomic E-state index is 0.251. The van der Waals surface area contributed by atoms with Gasteiger partial charge in [-0.2, -0.15) is 0 Å². The fourth-order valence-corrected chi connectivity index (χ4v) is 1.95. The number of allylic oxidation sites excluding steroid dienone is 8. The van der Waals surface area contributed by atoms with E-state index in [1.165, 1.54) is 38.5 Å². The molecule has 0 bridgehead atoms. The molecule has 0 heterocycles. The van der Waals surface area contributed by atoms with E-state index in [9.17, 15) is 4.79 Å². The van der Waals surface area contributed by atoms with Crippen LogP contribution in [0.3, 0.4) is 0 Å². The number of hydrogen-bond donors (Lipinski definition) is 1. The monoisotopic (exact) mass is 304 g/mol. The lowest BCUT2D eigenvalue weighted by Crippen LogP contribution is -1.92. The quantitative estimate of drug-likeness (QED) is 0.235. The third-order valence-electron chi connectivity index (χ3n) is 3.25. The van der Waals surface area contributed by atoms with Gasteiger partial charge in [0.2, 0.25) is 0 Å². The number of aliphatic carboxylic acids is 1. The molecule has 0 spiro atoms. The van der Waals surface area contributed by atoms with Gasteiger partial charge in [0.05, 0.1) is 0 Å². The summed E-state index contributed by atoms with van der Waals surface area (Å²) in [6.45, 7) is 2.24. The average Bonchev–Trinajstić information content (AvgIpc) is 2.50. The van der Waals surface area contributed by atoms with E-state index in [-0.39, 0.29) is 6.42 Å². The zero-order chi connectivity index (χ0) is 16.3. The van der Waals surface area contributed by atoms with Crippen molar-refractivity contribution >= 4 is 5.97 Å². The van der Waals surface area contributed by atoms with Gasteiger partial charge in [0, 0.05) is 6.42 Å². The van der Waals surface area contributed by atoms with Gasteiger partial charge < -0.3 is 5.11 Å². The molecule has 0 unspecified atom stereocenters. The lowest BCUT2D eigenvalue weighted by Gasteiger charge is -1.92. The summed E-state index contributed by atoms with van der Waals surface area (Å²) in [5.41, 5.74) is 0. The zero-order valence-corrected chi connectivity index (χ0v) is 14.0. The third-order valence-corrected chi connectivity index (χ3v) is 3.25. The van der Waals surface area contributed by atoms with E-state index in [0.717, 1.165) is 12.8 Å². The molecule has 0 radical (unpaired) electrons. The van der Waals surface area contributed by atoms with Crippen LogP contribution in [0.2, 0.25) is 0 Å². The summed E-state index contributed by atoms with van der Waals surface area (Å²) in [5, 5.41) is 8.49. The van der Waals surface area contributed by atoms with Crippen molar-refractivity contribution in [2.75, 3.05) is 0 Å². The topological polar surface area (TPSA) is 37.3 Å². The number of hydrogen-bond acceptors (Lipinski definition) is 1.